The van der Waals surface area contributed by atoms with Crippen molar-refractivity contribution in [3.05, 3.63) is 52.9 Å². The van der Waals surface area contributed by atoms with Gasteiger partial charge in [0.15, 0.2) is 0 Å². The van der Waals surface area contributed by atoms with Crippen molar-refractivity contribution in [1.29, 1.82) is 0 Å². The number of aryl methyl sites for hydroxylation is 2. The van der Waals surface area contributed by atoms with Crippen LogP contribution in [0.25, 0.3) is 32.9 Å². The summed E-state index contributed by atoms with van der Waals surface area (Å²) in [5, 5.41) is 5.60. The van der Waals surface area contributed by atoms with E-state index in [9.17, 15) is 13.8 Å². The van der Waals surface area contributed by atoms with Crippen LogP contribution < -0.4 is 5.73 Å². The maximum atomic E-state index is 13.7. The Morgan fingerprint density at radius 1 is 1.05 bits per heavy atom. The second-order valence-corrected chi connectivity index (χ2v) is 12.0. The number of hydrogen-bond donors (Lipinski definition) is 1. The molecule has 38 heavy (non-hydrogen) atoms. The summed E-state index contributed by atoms with van der Waals surface area (Å²) in [5.41, 5.74) is 10.1. The summed E-state index contributed by atoms with van der Waals surface area (Å²) in [6.45, 7) is 8.59. The van der Waals surface area contributed by atoms with E-state index in [1.54, 1.807) is 27.1 Å². The fraction of sp³-hybridized carbons (Fsp3) is 0.393. The Kier molecular flexibility index (Phi) is 5.92. The maximum Gasteiger partial charge on any atom is 0.254 e. The molecular weight excluding hydrogens is 504 g/mol. The fourth-order valence-corrected chi connectivity index (χ4v) is 7.16. The smallest absolute Gasteiger partial charge is 0.254 e. The highest BCUT2D eigenvalue weighted by atomic mass is 32.2. The van der Waals surface area contributed by atoms with Crippen molar-refractivity contribution in [3.63, 3.8) is 0 Å². The summed E-state index contributed by atoms with van der Waals surface area (Å²) in [7, 11) is -1.43. The van der Waals surface area contributed by atoms with Gasteiger partial charge in [-0.05, 0) is 70.4 Å². The van der Waals surface area contributed by atoms with Crippen LogP contribution in [-0.2, 0) is 15.7 Å². The molecule has 1 saturated carbocycles. The first kappa shape index (κ1) is 24.8. The average molecular weight is 535 g/mol. The number of carbonyl (C=O) groups is 2. The zero-order valence-corrected chi connectivity index (χ0v) is 22.6. The first-order valence-corrected chi connectivity index (χ1v) is 14.0. The molecule has 1 saturated heterocycles. The highest BCUT2D eigenvalue weighted by Crippen LogP contribution is 2.40. The SMILES string of the molecule is Cc1noc(C)c1-c1cc(C(N)=O)c2c(c1)c1ccc(C(=O)N3C[C@@H](C)O[C@@H](C)C3)cc1n2S(=O)C1CC1. The molecule has 4 aromatic rings. The van der Waals surface area contributed by atoms with Gasteiger partial charge < -0.3 is 19.9 Å². The van der Waals surface area contributed by atoms with E-state index in [0.29, 0.717) is 41.1 Å². The van der Waals surface area contributed by atoms with Crippen LogP contribution in [0.15, 0.2) is 34.9 Å². The van der Waals surface area contributed by atoms with E-state index in [-0.39, 0.29) is 28.9 Å². The van der Waals surface area contributed by atoms with E-state index >= 15 is 0 Å². The molecule has 3 atom stereocenters. The molecular formula is C28H30N4O5S. The Hall–Kier alpha value is -3.50. The molecule has 10 heteroatoms. The first-order chi connectivity index (χ1) is 18.1. The van der Waals surface area contributed by atoms with Gasteiger partial charge in [0.2, 0.25) is 0 Å². The van der Waals surface area contributed by atoms with E-state index in [1.165, 1.54) is 0 Å². The van der Waals surface area contributed by atoms with Crippen molar-refractivity contribution in [2.75, 3.05) is 13.1 Å². The van der Waals surface area contributed by atoms with Crippen molar-refractivity contribution < 1.29 is 23.1 Å². The number of carbonyl (C=O) groups excluding carboxylic acids is 2. The van der Waals surface area contributed by atoms with Gasteiger partial charge >= 0.3 is 0 Å². The Morgan fingerprint density at radius 2 is 1.76 bits per heavy atom. The van der Waals surface area contributed by atoms with Gasteiger partial charge in [0, 0.05) is 35.0 Å². The second-order valence-electron chi connectivity index (χ2n) is 10.5. The monoisotopic (exact) mass is 534 g/mol. The summed E-state index contributed by atoms with van der Waals surface area (Å²) in [6.07, 6.45) is 1.58. The summed E-state index contributed by atoms with van der Waals surface area (Å²) in [4.78, 5) is 28.1. The number of fused-ring (bicyclic) bond motifs is 3. The Bertz CT molecular complexity index is 1620. The summed E-state index contributed by atoms with van der Waals surface area (Å²) >= 11 is 0. The van der Waals surface area contributed by atoms with Crippen molar-refractivity contribution in [2.45, 2.75) is 58.0 Å². The number of hydrogen-bond acceptors (Lipinski definition) is 6. The normalized spacial score (nSPS) is 20.8. The third-order valence-electron chi connectivity index (χ3n) is 7.35. The lowest BCUT2D eigenvalue weighted by molar-refractivity contribution is -0.0586. The highest BCUT2D eigenvalue weighted by molar-refractivity contribution is 7.84. The predicted molar refractivity (Wildman–Crippen MR) is 145 cm³/mol. The number of primary amides is 1. The summed E-state index contributed by atoms with van der Waals surface area (Å²) in [5.74, 6) is -0.0908. The van der Waals surface area contributed by atoms with Crippen LogP contribution in [0.1, 0.15) is 58.9 Å². The van der Waals surface area contributed by atoms with Gasteiger partial charge in [0.1, 0.15) is 16.7 Å². The van der Waals surface area contributed by atoms with Crippen LogP contribution >= 0.6 is 0 Å². The molecule has 1 aliphatic carbocycles. The molecule has 2 aromatic heterocycles. The van der Waals surface area contributed by atoms with Gasteiger partial charge in [0.05, 0.1) is 39.7 Å². The van der Waals surface area contributed by atoms with Crippen LogP contribution in [0, 0.1) is 13.8 Å². The number of ether oxygens (including phenoxy) is 1. The molecule has 2 N–H and O–H groups in total. The third-order valence-corrected chi connectivity index (χ3v) is 9.13. The molecule has 0 spiro atoms. The van der Waals surface area contributed by atoms with Crippen LogP contribution in [0.2, 0.25) is 0 Å². The van der Waals surface area contributed by atoms with E-state index < -0.39 is 16.9 Å². The van der Waals surface area contributed by atoms with Crippen LogP contribution in [-0.4, -0.2) is 60.6 Å². The standard InChI is InChI=1S/C28H30N4O5S/c1-14-12-31(13-15(2)36-14)28(34)18-5-8-21-22-9-19(25-16(3)30-37-17(25)4)10-23(27(29)33)26(22)32(24(21)11-18)38(35)20-6-7-20/h5,8-11,14-15,20H,6-7,12-13H2,1-4H3,(H2,29,33)/t14-,15+,38?. The zero-order valence-electron chi connectivity index (χ0n) is 21.8. The van der Waals surface area contributed by atoms with Gasteiger partial charge in [-0.1, -0.05) is 11.2 Å². The van der Waals surface area contributed by atoms with Crippen molar-refractivity contribution in [3.8, 4) is 11.1 Å². The number of amides is 2. The van der Waals surface area contributed by atoms with Gasteiger partial charge in [-0.3, -0.25) is 13.6 Å². The van der Waals surface area contributed by atoms with Crippen LogP contribution in [0.4, 0.5) is 0 Å². The molecule has 1 unspecified atom stereocenters. The maximum absolute atomic E-state index is 13.7. The number of nitrogens with zero attached hydrogens (tertiary/aromatic N) is 3. The van der Waals surface area contributed by atoms with E-state index in [0.717, 1.165) is 34.7 Å². The quantitative estimate of drug-likeness (QED) is 0.412. The van der Waals surface area contributed by atoms with Crippen molar-refractivity contribution >= 4 is 44.6 Å². The number of aromatic nitrogens is 2. The lowest BCUT2D eigenvalue weighted by atomic mass is 9.97. The highest BCUT2D eigenvalue weighted by Gasteiger charge is 2.34. The Morgan fingerprint density at radius 3 is 2.37 bits per heavy atom. The molecule has 0 radical (unpaired) electrons. The number of morpholine rings is 1. The van der Waals surface area contributed by atoms with Crippen LogP contribution in [0.3, 0.4) is 0 Å². The fourth-order valence-electron chi connectivity index (χ4n) is 5.60. The summed E-state index contributed by atoms with van der Waals surface area (Å²) < 4.78 is 26.6. The van der Waals surface area contributed by atoms with E-state index in [4.69, 9.17) is 15.0 Å². The third kappa shape index (κ3) is 4.03. The lowest BCUT2D eigenvalue weighted by Crippen LogP contribution is -2.48. The Balaban J connectivity index is 1.60. The van der Waals surface area contributed by atoms with Crippen molar-refractivity contribution in [1.82, 2.24) is 14.0 Å². The zero-order chi connectivity index (χ0) is 26.9. The summed E-state index contributed by atoms with van der Waals surface area (Å²) in [6, 6.07) is 9.15. The largest absolute Gasteiger partial charge is 0.372 e. The number of benzene rings is 2. The van der Waals surface area contributed by atoms with Crippen molar-refractivity contribution in [2.24, 2.45) is 5.73 Å². The van der Waals surface area contributed by atoms with Gasteiger partial charge in [0.25, 0.3) is 11.8 Å². The molecule has 9 nitrogen and oxygen atoms in total. The van der Waals surface area contributed by atoms with E-state index in [1.807, 2.05) is 39.8 Å². The predicted octanol–water partition coefficient (Wildman–Crippen LogP) is 4.09. The molecule has 1 aliphatic heterocycles. The number of nitrogens with two attached hydrogens (primary N) is 1. The second kappa shape index (κ2) is 9.06. The number of rotatable bonds is 5. The minimum Gasteiger partial charge on any atom is -0.372 e. The minimum absolute atomic E-state index is 0.00272. The first-order valence-electron chi connectivity index (χ1n) is 12.8. The van der Waals surface area contributed by atoms with Crippen LogP contribution in [0.5, 0.6) is 0 Å². The molecule has 198 valence electrons. The molecule has 2 amide bonds. The average Bonchev–Trinajstić information content (AvgIpc) is 3.60. The topological polar surface area (TPSA) is 121 Å². The molecule has 2 fully saturated rings. The van der Waals surface area contributed by atoms with Gasteiger partial charge in [-0.25, -0.2) is 4.21 Å². The van der Waals surface area contributed by atoms with Gasteiger partial charge in [-0.2, -0.15) is 0 Å². The molecule has 0 bridgehead atoms. The van der Waals surface area contributed by atoms with Gasteiger partial charge in [-0.15, -0.1) is 0 Å². The molecule has 3 heterocycles. The minimum atomic E-state index is -1.43. The lowest BCUT2D eigenvalue weighted by Gasteiger charge is -2.35. The van der Waals surface area contributed by atoms with E-state index in [2.05, 4.69) is 5.16 Å². The molecule has 6 rings (SSSR count). The molecule has 2 aliphatic rings. The Labute approximate surface area is 222 Å². The molecule has 2 aromatic carbocycles.